The third kappa shape index (κ3) is 6.02. The number of benzene rings is 1. The van der Waals surface area contributed by atoms with Crippen LogP contribution in [0.5, 0.6) is 0 Å². The molecule has 2 amide bonds. The molecule has 122 valence electrons. The zero-order chi connectivity index (χ0) is 17.0. The Morgan fingerprint density at radius 3 is 2.36 bits per heavy atom. The molecule has 0 saturated heterocycles. The highest BCUT2D eigenvalue weighted by Gasteiger charge is 2.38. The average molecular weight is 318 g/mol. The van der Waals surface area contributed by atoms with Gasteiger partial charge in [0.15, 0.2) is 0 Å². The molecule has 0 aliphatic heterocycles. The lowest BCUT2D eigenvalue weighted by atomic mass is 9.97. The molecule has 1 rings (SSSR count). The molecule has 0 aliphatic rings. The summed E-state index contributed by atoms with van der Waals surface area (Å²) in [5, 5.41) is 1.79. The van der Waals surface area contributed by atoms with E-state index in [2.05, 4.69) is 0 Å². The lowest BCUT2D eigenvalue weighted by Crippen LogP contribution is -2.36. The van der Waals surface area contributed by atoms with Crippen LogP contribution in [0, 0.1) is 0 Å². The van der Waals surface area contributed by atoms with Crippen molar-refractivity contribution in [2.45, 2.75) is 38.6 Å². The first kappa shape index (κ1) is 17.8. The second kappa shape index (κ2) is 6.67. The number of halogens is 3. The topological polar surface area (TPSA) is 81.4 Å². The molecule has 8 heteroatoms. The van der Waals surface area contributed by atoms with Crippen LogP contribution in [0.15, 0.2) is 24.3 Å². The van der Waals surface area contributed by atoms with Gasteiger partial charge in [-0.15, -0.1) is 0 Å². The molecule has 0 aliphatic carbocycles. The standard InChI is InChI=1S/C14H17F3N2O3/c1-13(2,22-12(18)21)7-9-4-3-5-10(6-9)8-19-11(20)14(15,16)17/h3-6H,7-8H2,1-2H3,(H2,18,21)(H,19,20). The third-order valence-electron chi connectivity index (χ3n) is 2.71. The fourth-order valence-corrected chi connectivity index (χ4v) is 1.93. The monoisotopic (exact) mass is 318 g/mol. The summed E-state index contributed by atoms with van der Waals surface area (Å²) in [5.74, 6) is -1.99. The molecule has 0 fully saturated rings. The Kier molecular flexibility index (Phi) is 5.40. The van der Waals surface area contributed by atoms with Crippen molar-refractivity contribution < 1.29 is 27.5 Å². The number of primary amides is 1. The summed E-state index contributed by atoms with van der Waals surface area (Å²) >= 11 is 0. The fourth-order valence-electron chi connectivity index (χ4n) is 1.93. The normalized spacial score (nSPS) is 11.9. The van der Waals surface area contributed by atoms with E-state index in [1.54, 1.807) is 43.4 Å². The minimum absolute atomic E-state index is 0.247. The van der Waals surface area contributed by atoms with E-state index in [1.165, 1.54) is 0 Å². The van der Waals surface area contributed by atoms with Gasteiger partial charge in [0.1, 0.15) is 5.60 Å². The molecule has 5 nitrogen and oxygen atoms in total. The van der Waals surface area contributed by atoms with E-state index in [0.717, 1.165) is 5.56 Å². The number of nitrogens with two attached hydrogens (primary N) is 1. The number of ether oxygens (including phenoxy) is 1. The van der Waals surface area contributed by atoms with E-state index in [1.807, 2.05) is 0 Å². The highest BCUT2D eigenvalue weighted by atomic mass is 19.4. The van der Waals surface area contributed by atoms with E-state index in [9.17, 15) is 22.8 Å². The van der Waals surface area contributed by atoms with Crippen LogP contribution in [-0.2, 0) is 22.5 Å². The molecule has 0 aromatic heterocycles. The smallest absolute Gasteiger partial charge is 0.443 e. The first-order valence-electron chi connectivity index (χ1n) is 6.41. The van der Waals surface area contributed by atoms with Crippen molar-refractivity contribution in [3.8, 4) is 0 Å². The highest BCUT2D eigenvalue weighted by Crippen LogP contribution is 2.18. The first-order chi connectivity index (χ1) is 9.99. The lowest BCUT2D eigenvalue weighted by Gasteiger charge is -2.24. The van der Waals surface area contributed by atoms with Crippen molar-refractivity contribution in [3.63, 3.8) is 0 Å². The Morgan fingerprint density at radius 1 is 1.23 bits per heavy atom. The highest BCUT2D eigenvalue weighted by molar-refractivity contribution is 5.81. The van der Waals surface area contributed by atoms with Gasteiger partial charge in [-0.3, -0.25) is 4.79 Å². The van der Waals surface area contributed by atoms with Crippen molar-refractivity contribution in [3.05, 3.63) is 35.4 Å². The molecule has 0 bridgehead atoms. The van der Waals surface area contributed by atoms with Crippen LogP contribution in [0.3, 0.4) is 0 Å². The van der Waals surface area contributed by atoms with Gasteiger partial charge >= 0.3 is 18.2 Å². The van der Waals surface area contributed by atoms with E-state index in [0.29, 0.717) is 12.0 Å². The first-order valence-corrected chi connectivity index (χ1v) is 6.41. The van der Waals surface area contributed by atoms with Crippen LogP contribution >= 0.6 is 0 Å². The number of amides is 2. The summed E-state index contributed by atoms with van der Waals surface area (Å²) in [7, 11) is 0. The number of rotatable bonds is 5. The molecular formula is C14H17F3N2O3. The predicted octanol–water partition coefficient (Wildman–Crippen LogP) is 2.28. The Morgan fingerprint density at radius 2 is 1.82 bits per heavy atom. The zero-order valence-electron chi connectivity index (χ0n) is 12.2. The Bertz CT molecular complexity index is 557. The van der Waals surface area contributed by atoms with Crippen molar-refractivity contribution >= 4 is 12.0 Å². The largest absolute Gasteiger partial charge is 0.471 e. The summed E-state index contributed by atoms with van der Waals surface area (Å²) in [6.45, 7) is 3.08. The van der Waals surface area contributed by atoms with Crippen molar-refractivity contribution in [1.82, 2.24) is 5.32 Å². The molecule has 0 unspecified atom stereocenters. The summed E-state index contributed by atoms with van der Waals surface area (Å²) in [4.78, 5) is 21.6. The van der Waals surface area contributed by atoms with E-state index >= 15 is 0 Å². The fraction of sp³-hybridized carbons (Fsp3) is 0.429. The van der Waals surface area contributed by atoms with Crippen LogP contribution in [0.1, 0.15) is 25.0 Å². The summed E-state index contributed by atoms with van der Waals surface area (Å²) in [6.07, 6.45) is -5.48. The number of carbonyl (C=O) groups excluding carboxylic acids is 2. The molecule has 0 spiro atoms. The van der Waals surface area contributed by atoms with Crippen molar-refractivity contribution in [1.29, 1.82) is 0 Å². The lowest BCUT2D eigenvalue weighted by molar-refractivity contribution is -0.173. The summed E-state index contributed by atoms with van der Waals surface area (Å²) < 4.78 is 41.3. The molecule has 1 aromatic carbocycles. The van der Waals surface area contributed by atoms with Crippen LogP contribution in [0.2, 0.25) is 0 Å². The van der Waals surface area contributed by atoms with Gasteiger partial charge in [-0.2, -0.15) is 13.2 Å². The molecule has 0 saturated carbocycles. The van der Waals surface area contributed by atoms with Crippen molar-refractivity contribution in [2.24, 2.45) is 5.73 Å². The minimum Gasteiger partial charge on any atom is -0.443 e. The molecule has 0 radical (unpaired) electrons. The van der Waals surface area contributed by atoms with Crippen LogP contribution < -0.4 is 11.1 Å². The summed E-state index contributed by atoms with van der Waals surface area (Å²) in [5.41, 5.74) is 5.37. The van der Waals surface area contributed by atoms with Gasteiger partial charge < -0.3 is 15.8 Å². The average Bonchev–Trinajstić information content (AvgIpc) is 2.32. The zero-order valence-corrected chi connectivity index (χ0v) is 12.2. The Hall–Kier alpha value is -2.25. The molecule has 22 heavy (non-hydrogen) atoms. The van der Waals surface area contributed by atoms with Gasteiger partial charge in [0.05, 0.1) is 0 Å². The van der Waals surface area contributed by atoms with Crippen LogP contribution in [-0.4, -0.2) is 23.8 Å². The minimum atomic E-state index is -4.91. The molecule has 1 aromatic rings. The Balaban J connectivity index is 2.70. The molecule has 3 N–H and O–H groups in total. The summed E-state index contributed by atoms with van der Waals surface area (Å²) in [6, 6.07) is 6.59. The van der Waals surface area contributed by atoms with E-state index in [-0.39, 0.29) is 6.54 Å². The SMILES string of the molecule is CC(C)(Cc1cccc(CNC(=O)C(F)(F)F)c1)OC(N)=O. The quantitative estimate of drug-likeness (QED) is 0.874. The van der Waals surface area contributed by atoms with Gasteiger partial charge in [-0.25, -0.2) is 4.79 Å². The van der Waals surface area contributed by atoms with Gasteiger partial charge in [-0.1, -0.05) is 24.3 Å². The van der Waals surface area contributed by atoms with Crippen molar-refractivity contribution in [2.75, 3.05) is 0 Å². The second-order valence-electron chi connectivity index (χ2n) is 5.36. The second-order valence-corrected chi connectivity index (χ2v) is 5.36. The third-order valence-corrected chi connectivity index (χ3v) is 2.71. The molecular weight excluding hydrogens is 301 g/mol. The molecule has 0 atom stereocenters. The van der Waals surface area contributed by atoms with E-state index < -0.39 is 23.8 Å². The van der Waals surface area contributed by atoms with E-state index in [4.69, 9.17) is 10.5 Å². The predicted molar refractivity (Wildman–Crippen MR) is 72.8 cm³/mol. The number of hydrogen-bond acceptors (Lipinski definition) is 3. The van der Waals surface area contributed by atoms with Gasteiger partial charge in [0.2, 0.25) is 0 Å². The van der Waals surface area contributed by atoms with Gasteiger partial charge in [0.25, 0.3) is 0 Å². The number of nitrogens with one attached hydrogen (secondary N) is 1. The maximum absolute atomic E-state index is 12.1. The number of alkyl halides is 3. The number of hydrogen-bond donors (Lipinski definition) is 2. The molecule has 0 heterocycles. The van der Waals surface area contributed by atoms with Crippen LogP contribution in [0.4, 0.5) is 18.0 Å². The van der Waals surface area contributed by atoms with Gasteiger partial charge in [0, 0.05) is 13.0 Å². The van der Waals surface area contributed by atoms with Gasteiger partial charge in [-0.05, 0) is 25.0 Å². The van der Waals surface area contributed by atoms with Crippen LogP contribution in [0.25, 0.3) is 0 Å². The number of carbonyl (C=O) groups is 2. The maximum Gasteiger partial charge on any atom is 0.471 e. The Labute approximate surface area is 125 Å². The maximum atomic E-state index is 12.1.